The summed E-state index contributed by atoms with van der Waals surface area (Å²) in [5.74, 6) is 0.823. The van der Waals surface area contributed by atoms with E-state index >= 15 is 0 Å². The van der Waals surface area contributed by atoms with Gasteiger partial charge in [0.2, 0.25) is 0 Å². The summed E-state index contributed by atoms with van der Waals surface area (Å²) in [5.41, 5.74) is 1.59. The quantitative estimate of drug-likeness (QED) is 0.770. The van der Waals surface area contributed by atoms with Gasteiger partial charge in [-0.25, -0.2) is 0 Å². The van der Waals surface area contributed by atoms with Gasteiger partial charge >= 0.3 is 0 Å². The zero-order valence-electron chi connectivity index (χ0n) is 13.9. The van der Waals surface area contributed by atoms with Crippen molar-refractivity contribution < 1.29 is 14.7 Å². The van der Waals surface area contributed by atoms with Crippen molar-refractivity contribution in [2.75, 3.05) is 27.7 Å². The molecule has 0 aliphatic carbocycles. The minimum atomic E-state index is -0.0177. The summed E-state index contributed by atoms with van der Waals surface area (Å²) in [4.78, 5) is 5.71. The molecule has 2 aromatic rings. The largest absolute Gasteiger partial charge is 0.506 e. The molecular weight excluding hydrogens is 347 g/mol. The molecule has 0 aliphatic heterocycles. The maximum absolute atomic E-state index is 9.99. The van der Waals surface area contributed by atoms with Crippen LogP contribution < -0.4 is 9.64 Å². The van der Waals surface area contributed by atoms with Crippen molar-refractivity contribution in [3.05, 3.63) is 57.6 Å². The maximum Gasteiger partial charge on any atom is 0.143 e. The predicted molar refractivity (Wildman–Crippen MR) is 99.1 cm³/mol. The first-order valence-electron chi connectivity index (χ1n) is 7.54. The number of nitrogens with zero attached hydrogens (tertiary/aromatic N) is 1. The lowest BCUT2D eigenvalue weighted by molar-refractivity contribution is -0.890. The number of halogens is 2. The molecule has 0 saturated heterocycles. The third kappa shape index (κ3) is 4.41. The number of likely N-dealkylation sites (N-methyl/N-ethyl adjacent to an activating group) is 1. The van der Waals surface area contributed by atoms with Crippen LogP contribution in [-0.2, 0) is 0 Å². The van der Waals surface area contributed by atoms with E-state index in [1.54, 1.807) is 19.4 Å². The van der Waals surface area contributed by atoms with Gasteiger partial charge in [0, 0.05) is 16.8 Å². The Kier molecular flexibility index (Phi) is 6.49. The van der Waals surface area contributed by atoms with Gasteiger partial charge in [-0.05, 0) is 24.3 Å². The number of nitrogens with one attached hydrogen (secondary N) is 1. The molecule has 1 atom stereocenters. The molecule has 2 rings (SSSR count). The summed E-state index contributed by atoms with van der Waals surface area (Å²) in [6, 6.07) is 11.2. The van der Waals surface area contributed by atoms with Crippen molar-refractivity contribution in [3.8, 4) is 11.5 Å². The van der Waals surface area contributed by atoms with Gasteiger partial charge in [-0.1, -0.05) is 35.3 Å². The van der Waals surface area contributed by atoms with Crippen LogP contribution in [0, 0.1) is 0 Å². The summed E-state index contributed by atoms with van der Waals surface area (Å²) in [6.45, 7) is 0.534. The number of hydrogen-bond donors (Lipinski definition) is 2. The average Bonchev–Trinajstić information content (AvgIpc) is 2.55. The van der Waals surface area contributed by atoms with Crippen LogP contribution in [0.4, 0.5) is 0 Å². The van der Waals surface area contributed by atoms with Crippen LogP contribution >= 0.6 is 23.2 Å². The SMILES string of the molecule is COc1ccccc1[C@H](CN=Cc1cc(Cl)cc(Cl)c1O)[NH+](C)C. The van der Waals surface area contributed by atoms with Crippen LogP contribution in [0.3, 0.4) is 0 Å². The summed E-state index contributed by atoms with van der Waals surface area (Å²) in [7, 11) is 5.80. The monoisotopic (exact) mass is 367 g/mol. The fourth-order valence-corrected chi connectivity index (χ4v) is 3.00. The third-order valence-corrected chi connectivity index (χ3v) is 4.29. The molecule has 0 fully saturated rings. The number of aliphatic imine (C=N–C) groups is 1. The minimum absolute atomic E-state index is 0.0177. The fourth-order valence-electron chi connectivity index (χ4n) is 2.49. The zero-order valence-corrected chi connectivity index (χ0v) is 15.4. The molecule has 0 heterocycles. The van der Waals surface area contributed by atoms with Gasteiger partial charge in [-0.15, -0.1) is 0 Å². The number of para-hydroxylation sites is 1. The highest BCUT2D eigenvalue weighted by molar-refractivity contribution is 6.36. The normalized spacial score (nSPS) is 12.8. The van der Waals surface area contributed by atoms with Crippen LogP contribution in [0.15, 0.2) is 41.4 Å². The zero-order chi connectivity index (χ0) is 17.7. The van der Waals surface area contributed by atoms with Gasteiger partial charge in [0.25, 0.3) is 0 Å². The number of quaternary nitrogens is 1. The van der Waals surface area contributed by atoms with E-state index in [1.807, 2.05) is 24.3 Å². The molecule has 0 saturated carbocycles. The molecule has 0 unspecified atom stereocenters. The van der Waals surface area contributed by atoms with Crippen molar-refractivity contribution in [3.63, 3.8) is 0 Å². The smallest absolute Gasteiger partial charge is 0.143 e. The second-order valence-electron chi connectivity index (χ2n) is 5.69. The second-order valence-corrected chi connectivity index (χ2v) is 6.54. The van der Waals surface area contributed by atoms with Gasteiger partial charge in [-0.3, -0.25) is 4.99 Å². The van der Waals surface area contributed by atoms with E-state index in [0.717, 1.165) is 11.3 Å². The molecule has 2 N–H and O–H groups in total. The van der Waals surface area contributed by atoms with Crippen LogP contribution in [0.1, 0.15) is 17.2 Å². The minimum Gasteiger partial charge on any atom is -0.506 e. The molecular formula is C18H21Cl2N2O2+. The van der Waals surface area contributed by atoms with Gasteiger partial charge in [0.15, 0.2) is 0 Å². The topological polar surface area (TPSA) is 46.3 Å². The first-order valence-corrected chi connectivity index (χ1v) is 8.30. The molecule has 0 aliphatic rings. The van der Waals surface area contributed by atoms with E-state index < -0.39 is 0 Å². The molecule has 128 valence electrons. The molecule has 0 aromatic heterocycles. The lowest BCUT2D eigenvalue weighted by Crippen LogP contribution is -3.06. The van der Waals surface area contributed by atoms with E-state index in [2.05, 4.69) is 19.1 Å². The highest BCUT2D eigenvalue weighted by Gasteiger charge is 2.21. The number of methoxy groups -OCH3 is 1. The third-order valence-electron chi connectivity index (χ3n) is 3.79. The predicted octanol–water partition coefficient (Wildman–Crippen LogP) is 3.01. The van der Waals surface area contributed by atoms with Crippen LogP contribution in [-0.4, -0.2) is 39.1 Å². The Morgan fingerprint density at radius 2 is 1.96 bits per heavy atom. The Morgan fingerprint density at radius 1 is 1.25 bits per heavy atom. The van der Waals surface area contributed by atoms with Crippen molar-refractivity contribution in [1.82, 2.24) is 0 Å². The van der Waals surface area contributed by atoms with Gasteiger partial charge in [0.1, 0.15) is 17.5 Å². The number of benzene rings is 2. The summed E-state index contributed by atoms with van der Waals surface area (Å²) >= 11 is 11.9. The van der Waals surface area contributed by atoms with Crippen molar-refractivity contribution in [1.29, 1.82) is 0 Å². The van der Waals surface area contributed by atoms with Gasteiger partial charge < -0.3 is 14.7 Å². The molecule has 6 heteroatoms. The standard InChI is InChI=1S/C18H20Cl2N2O2/c1-22(2)16(14-6-4-5-7-17(14)24-3)11-21-10-12-8-13(19)9-15(20)18(12)23/h4-10,16,23H,11H2,1-3H3/p+1/t16-/m0/s1. The number of hydrogen-bond acceptors (Lipinski definition) is 3. The van der Waals surface area contributed by atoms with Crippen LogP contribution in [0.2, 0.25) is 10.0 Å². The maximum atomic E-state index is 9.99. The Hall–Kier alpha value is -1.75. The molecule has 0 spiro atoms. The van der Waals surface area contributed by atoms with Crippen molar-refractivity contribution in [2.45, 2.75) is 6.04 Å². The first kappa shape index (κ1) is 18.6. The molecule has 2 aromatic carbocycles. The summed E-state index contributed by atoms with van der Waals surface area (Å²) in [5, 5.41) is 10.7. The van der Waals surface area contributed by atoms with Crippen molar-refractivity contribution >= 4 is 29.4 Å². The van der Waals surface area contributed by atoms with Crippen LogP contribution in [0.5, 0.6) is 11.5 Å². The number of aromatic hydroxyl groups is 1. The van der Waals surface area contributed by atoms with E-state index in [-0.39, 0.29) is 16.8 Å². The number of phenols is 1. The van der Waals surface area contributed by atoms with E-state index in [9.17, 15) is 5.11 Å². The number of ether oxygens (including phenoxy) is 1. The Bertz CT molecular complexity index is 733. The van der Waals surface area contributed by atoms with Crippen molar-refractivity contribution in [2.24, 2.45) is 4.99 Å². The van der Waals surface area contributed by atoms with Gasteiger partial charge in [-0.2, -0.15) is 0 Å². The molecule has 24 heavy (non-hydrogen) atoms. The summed E-state index contributed by atoms with van der Waals surface area (Å²) < 4.78 is 5.45. The lowest BCUT2D eigenvalue weighted by atomic mass is 10.0. The highest BCUT2D eigenvalue weighted by atomic mass is 35.5. The molecule has 0 radical (unpaired) electrons. The highest BCUT2D eigenvalue weighted by Crippen LogP contribution is 2.30. The Morgan fingerprint density at radius 3 is 2.62 bits per heavy atom. The van der Waals surface area contributed by atoms with E-state index in [4.69, 9.17) is 27.9 Å². The van der Waals surface area contributed by atoms with E-state index in [0.29, 0.717) is 17.1 Å². The molecule has 0 amide bonds. The number of phenolic OH excluding ortho intramolecular Hbond substituents is 1. The molecule has 4 nitrogen and oxygen atoms in total. The molecule has 0 bridgehead atoms. The summed E-state index contributed by atoms with van der Waals surface area (Å²) in [6.07, 6.45) is 1.60. The first-order chi connectivity index (χ1) is 11.4. The number of rotatable bonds is 6. The average molecular weight is 368 g/mol. The second kappa shape index (κ2) is 8.38. The van der Waals surface area contributed by atoms with Gasteiger partial charge in [0.05, 0.1) is 38.3 Å². The fraction of sp³-hybridized carbons (Fsp3) is 0.278. The van der Waals surface area contributed by atoms with Crippen LogP contribution in [0.25, 0.3) is 0 Å². The Labute approximate surface area is 152 Å². The van der Waals surface area contributed by atoms with E-state index in [1.165, 1.54) is 11.0 Å². The Balaban J connectivity index is 2.24. The lowest BCUT2D eigenvalue weighted by Gasteiger charge is -2.21.